The smallest absolute Gasteiger partial charge is 0.0603 e. The van der Waals surface area contributed by atoms with Gasteiger partial charge in [-0.2, -0.15) is 0 Å². The molecule has 0 spiro atoms. The van der Waals surface area contributed by atoms with E-state index in [9.17, 15) is 0 Å². The molecule has 0 fully saturated rings. The first-order valence-electron chi connectivity index (χ1n) is 4.59. The molecule has 1 aromatic carbocycles. The third-order valence-corrected chi connectivity index (χ3v) is 2.55. The Labute approximate surface area is 101 Å². The van der Waals surface area contributed by atoms with Crippen LogP contribution in [0.3, 0.4) is 0 Å². The van der Waals surface area contributed by atoms with E-state index in [4.69, 9.17) is 0 Å². The molecule has 1 radical (unpaired) electrons. The van der Waals surface area contributed by atoms with Crippen LogP contribution in [0.5, 0.6) is 0 Å². The van der Waals surface area contributed by atoms with Crippen LogP contribution < -0.4 is 0 Å². The van der Waals surface area contributed by atoms with Crippen LogP contribution in [0.1, 0.15) is 5.56 Å². The van der Waals surface area contributed by atoms with Gasteiger partial charge in [0.25, 0.3) is 0 Å². The van der Waals surface area contributed by atoms with E-state index in [0.717, 1.165) is 11.0 Å². The summed E-state index contributed by atoms with van der Waals surface area (Å²) in [5.41, 5.74) is 2.25. The van der Waals surface area contributed by atoms with Crippen LogP contribution in [0.4, 0.5) is 0 Å². The average molecular weight is 373 g/mol. The van der Waals surface area contributed by atoms with Gasteiger partial charge in [-0.3, -0.25) is 4.98 Å². The Morgan fingerprint density at radius 3 is 3.00 bits per heavy atom. The molecule has 3 aromatic rings. The summed E-state index contributed by atoms with van der Waals surface area (Å²) in [6.45, 7) is 2.11. The fourth-order valence-corrected chi connectivity index (χ4v) is 1.80. The van der Waals surface area contributed by atoms with Crippen LogP contribution in [0.25, 0.3) is 16.4 Å². The van der Waals surface area contributed by atoms with Crippen LogP contribution >= 0.6 is 0 Å². The first-order valence-corrected chi connectivity index (χ1v) is 4.59. The quantitative estimate of drug-likeness (QED) is 0.554. The van der Waals surface area contributed by atoms with Crippen molar-refractivity contribution in [2.24, 2.45) is 0 Å². The van der Waals surface area contributed by atoms with Crippen molar-refractivity contribution in [2.75, 3.05) is 0 Å². The van der Waals surface area contributed by atoms with E-state index in [2.05, 4.69) is 30.1 Å². The maximum Gasteiger partial charge on any atom is 0.0603 e. The number of aromatic nitrogens is 2. The number of imidazole rings is 1. The van der Waals surface area contributed by atoms with E-state index in [1.807, 2.05) is 29.1 Å². The van der Waals surface area contributed by atoms with E-state index >= 15 is 0 Å². The molecular formula is C12H9IrN2-. The van der Waals surface area contributed by atoms with Crippen molar-refractivity contribution in [3.8, 4) is 0 Å². The molecule has 3 heteroatoms. The molecule has 0 atom stereocenters. The molecule has 0 bridgehead atoms. The SMILES string of the molecule is Cc1cc[c-]c2c1ccn1ccnc21.[Ir]. The molecule has 3 rings (SSSR count). The summed E-state index contributed by atoms with van der Waals surface area (Å²) in [7, 11) is 0. The van der Waals surface area contributed by atoms with Crippen molar-refractivity contribution in [1.29, 1.82) is 0 Å². The molecule has 0 amide bonds. The Morgan fingerprint density at radius 2 is 2.13 bits per heavy atom. The third kappa shape index (κ3) is 1.48. The molecule has 0 aliphatic carbocycles. The van der Waals surface area contributed by atoms with Gasteiger partial charge in [0.1, 0.15) is 0 Å². The Kier molecular flexibility index (Phi) is 2.59. The Hall–Kier alpha value is -1.18. The van der Waals surface area contributed by atoms with E-state index in [1.54, 1.807) is 0 Å². The average Bonchev–Trinajstić information content (AvgIpc) is 2.66. The van der Waals surface area contributed by atoms with Crippen LogP contribution in [-0.2, 0) is 20.1 Å². The number of fused-ring (bicyclic) bond motifs is 3. The predicted octanol–water partition coefficient (Wildman–Crippen LogP) is 2.59. The fourth-order valence-electron chi connectivity index (χ4n) is 1.80. The van der Waals surface area contributed by atoms with Crippen molar-refractivity contribution in [2.45, 2.75) is 6.92 Å². The van der Waals surface area contributed by atoms with Crippen molar-refractivity contribution < 1.29 is 20.1 Å². The summed E-state index contributed by atoms with van der Waals surface area (Å²) < 4.78 is 2.01. The van der Waals surface area contributed by atoms with E-state index < -0.39 is 0 Å². The van der Waals surface area contributed by atoms with Crippen LogP contribution in [0, 0.1) is 13.0 Å². The second kappa shape index (κ2) is 3.76. The molecule has 0 aliphatic heterocycles. The number of rotatable bonds is 0. The van der Waals surface area contributed by atoms with Crippen molar-refractivity contribution in [3.05, 3.63) is 48.4 Å². The summed E-state index contributed by atoms with van der Waals surface area (Å²) in [6, 6.07) is 9.37. The van der Waals surface area contributed by atoms with Crippen LogP contribution in [0.2, 0.25) is 0 Å². The number of nitrogens with zero attached hydrogens (tertiary/aromatic N) is 2. The molecule has 0 unspecified atom stereocenters. The summed E-state index contributed by atoms with van der Waals surface area (Å²) in [6.07, 6.45) is 5.79. The van der Waals surface area contributed by atoms with Crippen LogP contribution in [0.15, 0.2) is 36.8 Å². The van der Waals surface area contributed by atoms with Gasteiger partial charge in [0, 0.05) is 32.5 Å². The Bertz CT molecular complexity index is 613. The van der Waals surface area contributed by atoms with Crippen molar-refractivity contribution >= 4 is 16.4 Å². The van der Waals surface area contributed by atoms with E-state index in [-0.39, 0.29) is 20.1 Å². The number of hydrogen-bond donors (Lipinski definition) is 0. The largest absolute Gasteiger partial charge is 0.347 e. The maximum atomic E-state index is 4.32. The van der Waals surface area contributed by atoms with Gasteiger partial charge in [-0.1, -0.05) is 13.0 Å². The van der Waals surface area contributed by atoms with Gasteiger partial charge in [0.05, 0.1) is 5.65 Å². The van der Waals surface area contributed by atoms with Gasteiger partial charge < -0.3 is 4.40 Å². The van der Waals surface area contributed by atoms with Gasteiger partial charge in [0.2, 0.25) is 0 Å². The third-order valence-electron chi connectivity index (χ3n) is 2.55. The molecule has 0 saturated heterocycles. The number of aryl methyl sites for hydroxylation is 1. The van der Waals surface area contributed by atoms with Crippen LogP contribution in [-0.4, -0.2) is 9.38 Å². The first kappa shape index (κ1) is 10.3. The minimum Gasteiger partial charge on any atom is -0.347 e. The maximum absolute atomic E-state index is 4.32. The second-order valence-corrected chi connectivity index (χ2v) is 3.42. The monoisotopic (exact) mass is 374 g/mol. The zero-order valence-electron chi connectivity index (χ0n) is 8.19. The molecule has 2 heterocycles. The predicted molar refractivity (Wildman–Crippen MR) is 56.3 cm³/mol. The summed E-state index contributed by atoms with van der Waals surface area (Å²) >= 11 is 0. The number of benzene rings is 1. The summed E-state index contributed by atoms with van der Waals surface area (Å²) in [5, 5.41) is 2.32. The minimum absolute atomic E-state index is 0. The standard InChI is InChI=1S/C12H9N2.Ir/c1-9-3-2-4-11-10(9)5-7-14-8-6-13-12(11)14;/h2-3,5-8H,1H3;/q-1;. The van der Waals surface area contributed by atoms with Gasteiger partial charge >= 0.3 is 0 Å². The molecule has 0 aliphatic rings. The second-order valence-electron chi connectivity index (χ2n) is 3.42. The van der Waals surface area contributed by atoms with E-state index in [1.165, 1.54) is 10.9 Å². The Morgan fingerprint density at radius 1 is 1.27 bits per heavy atom. The molecule has 0 N–H and O–H groups in total. The molecular weight excluding hydrogens is 364 g/mol. The van der Waals surface area contributed by atoms with Gasteiger partial charge in [0.15, 0.2) is 0 Å². The molecule has 2 aromatic heterocycles. The molecule has 15 heavy (non-hydrogen) atoms. The minimum atomic E-state index is 0. The molecule has 2 nitrogen and oxygen atoms in total. The fraction of sp³-hybridized carbons (Fsp3) is 0.0833. The topological polar surface area (TPSA) is 17.3 Å². The van der Waals surface area contributed by atoms with Gasteiger partial charge in [-0.05, 0) is 6.20 Å². The normalized spacial score (nSPS) is 10.5. The number of pyridine rings is 1. The van der Waals surface area contributed by atoms with Crippen molar-refractivity contribution in [1.82, 2.24) is 9.38 Å². The zero-order chi connectivity index (χ0) is 9.54. The Balaban J connectivity index is 0.000000853. The number of hydrogen-bond acceptors (Lipinski definition) is 1. The molecule has 77 valence electrons. The molecule has 0 saturated carbocycles. The summed E-state index contributed by atoms with van der Waals surface area (Å²) in [5.74, 6) is 0. The van der Waals surface area contributed by atoms with Gasteiger partial charge in [-0.25, -0.2) is 0 Å². The summed E-state index contributed by atoms with van der Waals surface area (Å²) in [4.78, 5) is 4.32. The van der Waals surface area contributed by atoms with E-state index in [0.29, 0.717) is 0 Å². The zero-order valence-corrected chi connectivity index (χ0v) is 10.6. The first-order chi connectivity index (χ1) is 6.86. The van der Waals surface area contributed by atoms with Gasteiger partial charge in [-0.15, -0.1) is 34.5 Å². The van der Waals surface area contributed by atoms with Crippen molar-refractivity contribution in [3.63, 3.8) is 0 Å².